The van der Waals surface area contributed by atoms with E-state index in [1.807, 2.05) is 31.2 Å². The molecule has 0 aromatic heterocycles. The normalized spacial score (nSPS) is 16.3. The highest BCUT2D eigenvalue weighted by Gasteiger charge is 2.31. The molecule has 1 atom stereocenters. The standard InChI is InChI=1S/C19H19Cl2N3O3/c1-2-27-14-8-6-13(7-9-14)24-11-12(10-17(24)25)22-19(26)23-16-5-3-4-15(20)18(16)21/h3-9,12H,2,10-11H2,1H3,(H2,22,23,26)/t12-/m1/s1. The molecule has 0 radical (unpaired) electrons. The van der Waals surface area contributed by atoms with E-state index in [2.05, 4.69) is 10.6 Å². The average molecular weight is 408 g/mol. The number of nitrogens with zero attached hydrogens (tertiary/aromatic N) is 1. The monoisotopic (exact) mass is 407 g/mol. The zero-order valence-corrected chi connectivity index (χ0v) is 16.2. The van der Waals surface area contributed by atoms with Crippen LogP contribution in [0.5, 0.6) is 5.75 Å². The third-order valence-corrected chi connectivity index (χ3v) is 4.94. The lowest BCUT2D eigenvalue weighted by atomic mass is 10.2. The quantitative estimate of drug-likeness (QED) is 0.774. The van der Waals surface area contributed by atoms with E-state index < -0.39 is 6.03 Å². The summed E-state index contributed by atoms with van der Waals surface area (Å²) in [4.78, 5) is 26.2. The second-order valence-electron chi connectivity index (χ2n) is 6.03. The summed E-state index contributed by atoms with van der Waals surface area (Å²) in [5, 5.41) is 6.08. The minimum atomic E-state index is -0.439. The summed E-state index contributed by atoms with van der Waals surface area (Å²) in [7, 11) is 0. The van der Waals surface area contributed by atoms with Gasteiger partial charge in [-0.1, -0.05) is 29.3 Å². The second kappa shape index (κ2) is 8.50. The fourth-order valence-electron chi connectivity index (χ4n) is 2.89. The molecular formula is C19H19Cl2N3O3. The van der Waals surface area contributed by atoms with E-state index in [4.69, 9.17) is 27.9 Å². The van der Waals surface area contributed by atoms with Gasteiger partial charge in [-0.15, -0.1) is 0 Å². The first-order chi connectivity index (χ1) is 13.0. The summed E-state index contributed by atoms with van der Waals surface area (Å²) >= 11 is 12.0. The smallest absolute Gasteiger partial charge is 0.319 e. The summed E-state index contributed by atoms with van der Waals surface area (Å²) < 4.78 is 5.41. The minimum Gasteiger partial charge on any atom is -0.494 e. The summed E-state index contributed by atoms with van der Waals surface area (Å²) in [5.41, 5.74) is 1.18. The Morgan fingerprint density at radius 2 is 1.96 bits per heavy atom. The van der Waals surface area contributed by atoms with Crippen LogP contribution < -0.4 is 20.3 Å². The van der Waals surface area contributed by atoms with Crippen LogP contribution >= 0.6 is 23.2 Å². The number of anilines is 2. The Hall–Kier alpha value is -2.44. The van der Waals surface area contributed by atoms with Crippen molar-refractivity contribution in [3.05, 3.63) is 52.5 Å². The first-order valence-electron chi connectivity index (χ1n) is 8.52. The number of hydrogen-bond donors (Lipinski definition) is 2. The number of hydrogen-bond acceptors (Lipinski definition) is 3. The topological polar surface area (TPSA) is 70.7 Å². The predicted molar refractivity (Wildman–Crippen MR) is 107 cm³/mol. The maximum atomic E-state index is 12.3. The molecule has 1 fully saturated rings. The van der Waals surface area contributed by atoms with Crippen molar-refractivity contribution in [1.29, 1.82) is 0 Å². The number of nitrogens with one attached hydrogen (secondary N) is 2. The lowest BCUT2D eigenvalue weighted by Gasteiger charge is -2.18. The van der Waals surface area contributed by atoms with E-state index in [-0.39, 0.29) is 23.4 Å². The van der Waals surface area contributed by atoms with Gasteiger partial charge in [0, 0.05) is 18.7 Å². The van der Waals surface area contributed by atoms with Gasteiger partial charge in [-0.3, -0.25) is 4.79 Å². The zero-order valence-electron chi connectivity index (χ0n) is 14.7. The molecule has 0 spiro atoms. The summed E-state index contributed by atoms with van der Waals surface area (Å²) in [6.45, 7) is 2.89. The van der Waals surface area contributed by atoms with Crippen LogP contribution in [-0.4, -0.2) is 31.1 Å². The molecular weight excluding hydrogens is 389 g/mol. The Morgan fingerprint density at radius 3 is 2.67 bits per heavy atom. The number of benzene rings is 2. The molecule has 1 saturated heterocycles. The van der Waals surface area contributed by atoms with Gasteiger partial charge in [0.2, 0.25) is 5.91 Å². The van der Waals surface area contributed by atoms with Crippen LogP contribution in [0, 0.1) is 0 Å². The molecule has 0 saturated carbocycles. The maximum absolute atomic E-state index is 12.3. The van der Waals surface area contributed by atoms with Crippen molar-refractivity contribution in [1.82, 2.24) is 5.32 Å². The van der Waals surface area contributed by atoms with Gasteiger partial charge < -0.3 is 20.3 Å². The van der Waals surface area contributed by atoms with Crippen LogP contribution in [-0.2, 0) is 4.79 Å². The van der Waals surface area contributed by atoms with Gasteiger partial charge in [0.1, 0.15) is 5.75 Å². The van der Waals surface area contributed by atoms with Crippen molar-refractivity contribution in [2.75, 3.05) is 23.4 Å². The fraction of sp³-hybridized carbons (Fsp3) is 0.263. The molecule has 3 amide bonds. The SMILES string of the molecule is CCOc1ccc(N2C[C@H](NC(=O)Nc3cccc(Cl)c3Cl)CC2=O)cc1. The Morgan fingerprint density at radius 1 is 1.22 bits per heavy atom. The number of rotatable bonds is 5. The van der Waals surface area contributed by atoms with Crippen LogP contribution in [0.2, 0.25) is 10.0 Å². The first-order valence-corrected chi connectivity index (χ1v) is 9.28. The molecule has 2 aromatic carbocycles. The third-order valence-electron chi connectivity index (χ3n) is 4.12. The van der Waals surface area contributed by atoms with Gasteiger partial charge in [-0.05, 0) is 43.3 Å². The van der Waals surface area contributed by atoms with Gasteiger partial charge in [0.05, 0.1) is 28.4 Å². The molecule has 0 bridgehead atoms. The number of ether oxygens (including phenoxy) is 1. The van der Waals surface area contributed by atoms with E-state index in [0.717, 1.165) is 11.4 Å². The molecule has 1 aliphatic heterocycles. The largest absolute Gasteiger partial charge is 0.494 e. The number of carbonyl (C=O) groups is 2. The van der Waals surface area contributed by atoms with E-state index >= 15 is 0 Å². The lowest BCUT2D eigenvalue weighted by molar-refractivity contribution is -0.117. The van der Waals surface area contributed by atoms with Crippen LogP contribution in [0.3, 0.4) is 0 Å². The van der Waals surface area contributed by atoms with Crippen molar-refractivity contribution in [3.8, 4) is 5.75 Å². The van der Waals surface area contributed by atoms with Crippen molar-refractivity contribution < 1.29 is 14.3 Å². The number of amides is 3. The van der Waals surface area contributed by atoms with Crippen LogP contribution in [0.4, 0.5) is 16.2 Å². The molecule has 3 rings (SSSR count). The Kier molecular flexibility index (Phi) is 6.08. The van der Waals surface area contributed by atoms with E-state index in [1.54, 1.807) is 23.1 Å². The van der Waals surface area contributed by atoms with Gasteiger partial charge in [-0.25, -0.2) is 4.79 Å². The molecule has 27 heavy (non-hydrogen) atoms. The van der Waals surface area contributed by atoms with Gasteiger partial charge >= 0.3 is 6.03 Å². The number of urea groups is 1. The maximum Gasteiger partial charge on any atom is 0.319 e. The molecule has 1 aliphatic rings. The molecule has 1 heterocycles. The van der Waals surface area contributed by atoms with Gasteiger partial charge in [0.25, 0.3) is 0 Å². The lowest BCUT2D eigenvalue weighted by Crippen LogP contribution is -2.39. The number of carbonyl (C=O) groups excluding carboxylic acids is 2. The average Bonchev–Trinajstić information content (AvgIpc) is 3.00. The Bertz CT molecular complexity index is 843. The highest BCUT2D eigenvalue weighted by atomic mass is 35.5. The Balaban J connectivity index is 1.60. The highest BCUT2D eigenvalue weighted by Crippen LogP contribution is 2.29. The fourth-order valence-corrected chi connectivity index (χ4v) is 3.23. The molecule has 0 aliphatic carbocycles. The van der Waals surface area contributed by atoms with Crippen LogP contribution in [0.15, 0.2) is 42.5 Å². The molecule has 2 aromatic rings. The Labute approximate surface area is 167 Å². The minimum absolute atomic E-state index is 0.0507. The summed E-state index contributed by atoms with van der Waals surface area (Å²) in [6, 6.07) is 11.5. The van der Waals surface area contributed by atoms with Crippen molar-refractivity contribution >= 4 is 46.5 Å². The predicted octanol–water partition coefficient (Wildman–Crippen LogP) is 4.32. The van der Waals surface area contributed by atoms with E-state index in [0.29, 0.717) is 23.9 Å². The van der Waals surface area contributed by atoms with Gasteiger partial charge in [0.15, 0.2) is 0 Å². The molecule has 2 N–H and O–H groups in total. The molecule has 0 unspecified atom stereocenters. The molecule has 6 nitrogen and oxygen atoms in total. The van der Waals surface area contributed by atoms with Crippen molar-refractivity contribution in [3.63, 3.8) is 0 Å². The molecule has 142 valence electrons. The van der Waals surface area contributed by atoms with E-state index in [1.165, 1.54) is 0 Å². The zero-order chi connectivity index (χ0) is 19.4. The van der Waals surface area contributed by atoms with E-state index in [9.17, 15) is 9.59 Å². The van der Waals surface area contributed by atoms with Crippen LogP contribution in [0.25, 0.3) is 0 Å². The summed E-state index contributed by atoms with van der Waals surface area (Å²) in [5.74, 6) is 0.700. The highest BCUT2D eigenvalue weighted by molar-refractivity contribution is 6.43. The van der Waals surface area contributed by atoms with Crippen molar-refractivity contribution in [2.45, 2.75) is 19.4 Å². The first kappa shape index (κ1) is 19.3. The second-order valence-corrected chi connectivity index (χ2v) is 6.82. The van der Waals surface area contributed by atoms with Crippen molar-refractivity contribution in [2.24, 2.45) is 0 Å². The van der Waals surface area contributed by atoms with Gasteiger partial charge in [-0.2, -0.15) is 0 Å². The van der Waals surface area contributed by atoms with Crippen LogP contribution in [0.1, 0.15) is 13.3 Å². The summed E-state index contributed by atoms with van der Waals surface area (Å²) in [6.07, 6.45) is 0.226. The molecule has 8 heteroatoms. The third kappa shape index (κ3) is 4.64. The number of halogens is 2.